The normalized spacial score (nSPS) is 16.4. The summed E-state index contributed by atoms with van der Waals surface area (Å²) in [4.78, 5) is 29.3. The van der Waals surface area contributed by atoms with Crippen LogP contribution in [-0.2, 0) is 14.3 Å². The third-order valence-corrected chi connectivity index (χ3v) is 6.75. The van der Waals surface area contributed by atoms with E-state index in [4.69, 9.17) is 26.4 Å². The third kappa shape index (κ3) is 6.41. The number of pyridine rings is 1. The van der Waals surface area contributed by atoms with Gasteiger partial charge in [-0.15, -0.1) is 0 Å². The highest BCUT2D eigenvalue weighted by molar-refractivity contribution is 7.80. The molecule has 1 aliphatic rings. The molecule has 182 valence electrons. The second-order valence-corrected chi connectivity index (χ2v) is 9.43. The van der Waals surface area contributed by atoms with Crippen molar-refractivity contribution in [2.45, 2.75) is 64.9 Å². The molecule has 6 nitrogen and oxygen atoms in total. The van der Waals surface area contributed by atoms with Gasteiger partial charge in [-0.25, -0.2) is 0 Å². The molecule has 1 aromatic heterocycles. The van der Waals surface area contributed by atoms with Gasteiger partial charge in [0.15, 0.2) is 11.5 Å². The predicted molar refractivity (Wildman–Crippen MR) is 134 cm³/mol. The number of hydrogen-bond donors (Lipinski definition) is 0. The lowest BCUT2D eigenvalue weighted by Gasteiger charge is -2.30. The summed E-state index contributed by atoms with van der Waals surface area (Å²) in [6, 6.07) is 11.9. The topological polar surface area (TPSA) is 74.7 Å². The SMILES string of the molecule is COc1ccnc(C(=S)C[C@@H](C)C(=O)OC(C)[C@H](c2ccccc2)C2CCCC2)c1OC(C)=O. The molecule has 34 heavy (non-hydrogen) atoms. The molecular weight excluding hydrogens is 450 g/mol. The van der Waals surface area contributed by atoms with Crippen molar-refractivity contribution in [3.05, 3.63) is 53.9 Å². The van der Waals surface area contributed by atoms with Crippen molar-refractivity contribution >= 4 is 29.0 Å². The largest absolute Gasteiger partial charge is 0.493 e. The molecule has 0 aliphatic heterocycles. The van der Waals surface area contributed by atoms with Crippen molar-refractivity contribution in [2.75, 3.05) is 7.11 Å². The number of carbonyl (C=O) groups excluding carboxylic acids is 2. The van der Waals surface area contributed by atoms with Crippen LogP contribution in [0.3, 0.4) is 0 Å². The summed E-state index contributed by atoms with van der Waals surface area (Å²) >= 11 is 5.58. The van der Waals surface area contributed by atoms with Gasteiger partial charge in [0.05, 0.1) is 13.0 Å². The average Bonchev–Trinajstić information content (AvgIpc) is 3.33. The lowest BCUT2D eigenvalue weighted by molar-refractivity contribution is -0.154. The van der Waals surface area contributed by atoms with Crippen LogP contribution in [0.1, 0.15) is 70.1 Å². The minimum Gasteiger partial charge on any atom is -0.493 e. The Balaban J connectivity index is 1.70. The van der Waals surface area contributed by atoms with Gasteiger partial charge >= 0.3 is 11.9 Å². The first-order valence-electron chi connectivity index (χ1n) is 11.8. The van der Waals surface area contributed by atoms with Gasteiger partial charge in [0, 0.05) is 30.0 Å². The van der Waals surface area contributed by atoms with Gasteiger partial charge < -0.3 is 14.2 Å². The number of ether oxygens (including phenoxy) is 3. The number of nitrogens with zero attached hydrogens (tertiary/aromatic N) is 1. The van der Waals surface area contributed by atoms with E-state index in [1.807, 2.05) is 25.1 Å². The minimum atomic E-state index is -0.504. The van der Waals surface area contributed by atoms with E-state index in [0.29, 0.717) is 22.2 Å². The summed E-state index contributed by atoms with van der Waals surface area (Å²) in [5.74, 6) is -0.0823. The van der Waals surface area contributed by atoms with Crippen molar-refractivity contribution in [3.8, 4) is 11.5 Å². The second kappa shape index (κ2) is 12.1. The van der Waals surface area contributed by atoms with E-state index >= 15 is 0 Å². The summed E-state index contributed by atoms with van der Waals surface area (Å²) in [6.07, 6.45) is 6.28. The molecule has 0 N–H and O–H groups in total. The number of methoxy groups -OCH3 is 1. The van der Waals surface area contributed by atoms with E-state index in [0.717, 1.165) is 12.8 Å². The number of esters is 2. The molecule has 0 spiro atoms. The smallest absolute Gasteiger partial charge is 0.309 e. The van der Waals surface area contributed by atoms with E-state index in [-0.39, 0.29) is 30.2 Å². The Morgan fingerprint density at radius 2 is 1.79 bits per heavy atom. The Labute approximate surface area is 207 Å². The van der Waals surface area contributed by atoms with Gasteiger partial charge in [-0.1, -0.05) is 62.3 Å². The zero-order chi connectivity index (χ0) is 24.7. The highest BCUT2D eigenvalue weighted by Gasteiger charge is 2.33. The van der Waals surface area contributed by atoms with Gasteiger partial charge in [0.2, 0.25) is 0 Å². The van der Waals surface area contributed by atoms with E-state index in [2.05, 4.69) is 17.1 Å². The molecule has 0 radical (unpaired) electrons. The molecular formula is C27H33NO5S. The Morgan fingerprint density at radius 1 is 1.12 bits per heavy atom. The molecule has 1 unspecified atom stereocenters. The van der Waals surface area contributed by atoms with Crippen LogP contribution in [0.5, 0.6) is 11.5 Å². The van der Waals surface area contributed by atoms with Crippen LogP contribution >= 0.6 is 12.2 Å². The van der Waals surface area contributed by atoms with Crippen molar-refractivity contribution in [1.82, 2.24) is 4.98 Å². The molecule has 0 amide bonds. The maximum atomic E-state index is 13.0. The van der Waals surface area contributed by atoms with E-state index in [9.17, 15) is 9.59 Å². The number of aromatic nitrogens is 1. The molecule has 7 heteroatoms. The monoisotopic (exact) mass is 483 g/mol. The summed E-state index contributed by atoms with van der Waals surface area (Å²) in [7, 11) is 1.48. The number of rotatable bonds is 10. The first-order valence-corrected chi connectivity index (χ1v) is 12.2. The lowest BCUT2D eigenvalue weighted by atomic mass is 9.81. The molecule has 3 atom stereocenters. The Bertz CT molecular complexity index is 1000. The van der Waals surface area contributed by atoms with Gasteiger partial charge in [-0.05, 0) is 37.7 Å². The Morgan fingerprint density at radius 3 is 2.41 bits per heavy atom. The summed E-state index contributed by atoms with van der Waals surface area (Å²) < 4.78 is 16.6. The second-order valence-electron chi connectivity index (χ2n) is 8.94. The van der Waals surface area contributed by atoms with Crippen LogP contribution < -0.4 is 9.47 Å². The zero-order valence-corrected chi connectivity index (χ0v) is 21.1. The van der Waals surface area contributed by atoms with Crippen molar-refractivity contribution in [1.29, 1.82) is 0 Å². The average molecular weight is 484 g/mol. The van der Waals surface area contributed by atoms with Gasteiger partial charge in [0.25, 0.3) is 0 Å². The van der Waals surface area contributed by atoms with E-state index in [1.165, 1.54) is 38.6 Å². The quantitative estimate of drug-likeness (QED) is 0.245. The fraction of sp³-hybridized carbons (Fsp3) is 0.481. The van der Waals surface area contributed by atoms with E-state index in [1.54, 1.807) is 13.0 Å². The lowest BCUT2D eigenvalue weighted by Crippen LogP contribution is -2.30. The Kier molecular flexibility index (Phi) is 9.16. The van der Waals surface area contributed by atoms with Gasteiger partial charge in [-0.3, -0.25) is 14.6 Å². The maximum absolute atomic E-state index is 13.0. The standard InChI is InChI=1S/C27H33NO5S/c1-17(16-23(34)25-26(33-19(3)29)22(31-4)14-15-28-25)27(30)32-18(2)24(21-12-8-9-13-21)20-10-6-5-7-11-20/h5-7,10-11,14-15,17-18,21,24H,8-9,12-13,16H2,1-4H3/t17-,18?,24-/m1/s1. The van der Waals surface area contributed by atoms with Crippen LogP contribution in [0.2, 0.25) is 0 Å². The minimum absolute atomic E-state index is 0.168. The fourth-order valence-corrected chi connectivity index (χ4v) is 5.18. The molecule has 3 rings (SSSR count). The number of benzene rings is 1. The van der Waals surface area contributed by atoms with E-state index < -0.39 is 11.9 Å². The molecule has 2 aromatic rings. The van der Waals surface area contributed by atoms with Crippen LogP contribution in [0.25, 0.3) is 0 Å². The summed E-state index contributed by atoms with van der Waals surface area (Å²) in [6.45, 7) is 5.08. The summed E-state index contributed by atoms with van der Waals surface area (Å²) in [5.41, 5.74) is 1.54. The van der Waals surface area contributed by atoms with Crippen molar-refractivity contribution in [3.63, 3.8) is 0 Å². The number of hydrogen-bond acceptors (Lipinski definition) is 7. The van der Waals surface area contributed by atoms with Gasteiger partial charge in [-0.2, -0.15) is 0 Å². The van der Waals surface area contributed by atoms with Crippen molar-refractivity contribution in [2.24, 2.45) is 11.8 Å². The van der Waals surface area contributed by atoms with Crippen LogP contribution in [0.15, 0.2) is 42.6 Å². The summed E-state index contributed by atoms with van der Waals surface area (Å²) in [5, 5.41) is 0. The molecule has 1 heterocycles. The fourth-order valence-electron chi connectivity index (χ4n) is 4.78. The number of carbonyl (C=O) groups is 2. The van der Waals surface area contributed by atoms with Crippen LogP contribution in [0.4, 0.5) is 0 Å². The van der Waals surface area contributed by atoms with Crippen LogP contribution in [0, 0.1) is 11.8 Å². The molecule has 1 fully saturated rings. The molecule has 1 aromatic carbocycles. The Hall–Kier alpha value is -2.80. The predicted octanol–water partition coefficient (Wildman–Crippen LogP) is 5.67. The van der Waals surface area contributed by atoms with Crippen LogP contribution in [-0.4, -0.2) is 35.0 Å². The molecule has 1 saturated carbocycles. The van der Waals surface area contributed by atoms with Crippen molar-refractivity contribution < 1.29 is 23.8 Å². The molecule has 0 saturated heterocycles. The molecule has 0 bridgehead atoms. The molecule has 1 aliphatic carbocycles. The first kappa shape index (κ1) is 25.8. The number of thiocarbonyl (C=S) groups is 1. The highest BCUT2D eigenvalue weighted by atomic mass is 32.1. The maximum Gasteiger partial charge on any atom is 0.309 e. The highest BCUT2D eigenvalue weighted by Crippen LogP contribution is 2.40. The van der Waals surface area contributed by atoms with Gasteiger partial charge in [0.1, 0.15) is 11.8 Å². The first-order chi connectivity index (χ1) is 16.3. The zero-order valence-electron chi connectivity index (χ0n) is 20.3. The third-order valence-electron chi connectivity index (χ3n) is 6.39.